The van der Waals surface area contributed by atoms with Crippen molar-refractivity contribution >= 4 is 27.5 Å². The molecule has 0 saturated heterocycles. The molecule has 0 atom stereocenters. The molecule has 0 fully saturated rings. The molecule has 2 aromatic rings. The Hall–Kier alpha value is -1.26. The van der Waals surface area contributed by atoms with Crippen LogP contribution in [-0.2, 0) is 0 Å². The van der Waals surface area contributed by atoms with E-state index in [0.717, 1.165) is 10.2 Å². The molecule has 1 heterocycles. The van der Waals surface area contributed by atoms with Gasteiger partial charge in [-0.1, -0.05) is 27.5 Å². The summed E-state index contributed by atoms with van der Waals surface area (Å²) in [6.07, 6.45) is 1.62. The van der Waals surface area contributed by atoms with Crippen LogP contribution >= 0.6 is 27.5 Å². The lowest BCUT2D eigenvalue weighted by Crippen LogP contribution is -2.09. The summed E-state index contributed by atoms with van der Waals surface area (Å²) < 4.78 is 12.0. The molecular weight excluding hydrogens is 318 g/mol. The zero-order chi connectivity index (χ0) is 12.8. The standard InChI is InChI=1S/C13H11BrClNO2/c14-10-3-5-11(6-4-10)17-8-9-18-12-2-1-7-16-13(12)15/h1-7H,8-9H2. The molecule has 0 N–H and O–H groups in total. The summed E-state index contributed by atoms with van der Waals surface area (Å²) in [5, 5.41) is 0.362. The molecule has 0 amide bonds. The third-order valence-electron chi connectivity index (χ3n) is 2.15. The van der Waals surface area contributed by atoms with Gasteiger partial charge in [-0.2, -0.15) is 0 Å². The molecule has 18 heavy (non-hydrogen) atoms. The minimum Gasteiger partial charge on any atom is -0.490 e. The Bertz CT molecular complexity index is 505. The Balaban J connectivity index is 1.76. The Morgan fingerprint density at radius 2 is 1.78 bits per heavy atom. The average Bonchev–Trinajstić information content (AvgIpc) is 2.39. The van der Waals surface area contributed by atoms with Crippen molar-refractivity contribution in [1.82, 2.24) is 4.98 Å². The van der Waals surface area contributed by atoms with E-state index in [1.54, 1.807) is 18.3 Å². The minimum absolute atomic E-state index is 0.362. The molecule has 0 bridgehead atoms. The van der Waals surface area contributed by atoms with E-state index in [4.69, 9.17) is 21.1 Å². The summed E-state index contributed by atoms with van der Waals surface area (Å²) in [6.45, 7) is 0.869. The van der Waals surface area contributed by atoms with E-state index in [1.807, 2.05) is 24.3 Å². The number of pyridine rings is 1. The SMILES string of the molecule is Clc1ncccc1OCCOc1ccc(Br)cc1. The van der Waals surface area contributed by atoms with Crippen molar-refractivity contribution in [3.05, 3.63) is 52.2 Å². The first kappa shape index (κ1) is 13.2. The molecule has 1 aromatic carbocycles. The lowest BCUT2D eigenvalue weighted by molar-refractivity contribution is 0.217. The van der Waals surface area contributed by atoms with Crippen LogP contribution in [0.15, 0.2) is 47.1 Å². The first-order chi connectivity index (χ1) is 8.75. The summed E-state index contributed by atoms with van der Waals surface area (Å²) in [7, 11) is 0. The summed E-state index contributed by atoms with van der Waals surface area (Å²) in [4.78, 5) is 3.92. The van der Waals surface area contributed by atoms with Gasteiger partial charge in [-0.3, -0.25) is 0 Å². The molecule has 0 aliphatic heterocycles. The smallest absolute Gasteiger partial charge is 0.171 e. The zero-order valence-corrected chi connectivity index (χ0v) is 11.8. The van der Waals surface area contributed by atoms with Crippen LogP contribution in [0.3, 0.4) is 0 Å². The molecule has 5 heteroatoms. The number of ether oxygens (including phenoxy) is 2. The highest BCUT2D eigenvalue weighted by molar-refractivity contribution is 9.10. The van der Waals surface area contributed by atoms with Crippen molar-refractivity contribution < 1.29 is 9.47 Å². The fourth-order valence-electron chi connectivity index (χ4n) is 1.32. The van der Waals surface area contributed by atoms with Crippen LogP contribution in [0.1, 0.15) is 0 Å². The van der Waals surface area contributed by atoms with Crippen LogP contribution in [0.5, 0.6) is 11.5 Å². The molecule has 0 saturated carbocycles. The van der Waals surface area contributed by atoms with Gasteiger partial charge in [0.05, 0.1) is 0 Å². The third kappa shape index (κ3) is 3.89. The largest absolute Gasteiger partial charge is 0.490 e. The minimum atomic E-state index is 0.362. The van der Waals surface area contributed by atoms with Gasteiger partial charge in [-0.25, -0.2) is 4.98 Å². The first-order valence-electron chi connectivity index (χ1n) is 5.37. The monoisotopic (exact) mass is 327 g/mol. The van der Waals surface area contributed by atoms with Gasteiger partial charge in [-0.05, 0) is 36.4 Å². The van der Waals surface area contributed by atoms with E-state index >= 15 is 0 Å². The van der Waals surface area contributed by atoms with Crippen LogP contribution in [0.2, 0.25) is 5.15 Å². The van der Waals surface area contributed by atoms with E-state index in [9.17, 15) is 0 Å². The average molecular weight is 329 g/mol. The maximum Gasteiger partial charge on any atom is 0.171 e. The molecule has 94 valence electrons. The predicted octanol–water partition coefficient (Wildman–Crippen LogP) is 3.96. The quantitative estimate of drug-likeness (QED) is 0.615. The molecule has 0 aliphatic carbocycles. The van der Waals surface area contributed by atoms with E-state index in [1.165, 1.54) is 0 Å². The Morgan fingerprint density at radius 3 is 2.50 bits per heavy atom. The van der Waals surface area contributed by atoms with E-state index in [0.29, 0.717) is 24.1 Å². The second kappa shape index (κ2) is 6.61. The van der Waals surface area contributed by atoms with Gasteiger partial charge in [0.2, 0.25) is 0 Å². The number of hydrogen-bond donors (Lipinski definition) is 0. The Labute approximate surface area is 119 Å². The van der Waals surface area contributed by atoms with Crippen LogP contribution in [0.25, 0.3) is 0 Å². The topological polar surface area (TPSA) is 31.4 Å². The lowest BCUT2D eigenvalue weighted by Gasteiger charge is -2.08. The summed E-state index contributed by atoms with van der Waals surface area (Å²) in [5.74, 6) is 1.37. The zero-order valence-electron chi connectivity index (χ0n) is 9.48. The van der Waals surface area contributed by atoms with Crippen LogP contribution in [0.4, 0.5) is 0 Å². The second-order valence-electron chi connectivity index (χ2n) is 3.44. The van der Waals surface area contributed by atoms with Crippen molar-refractivity contribution in [1.29, 1.82) is 0 Å². The maximum atomic E-state index is 5.86. The second-order valence-corrected chi connectivity index (χ2v) is 4.72. The molecule has 2 rings (SSSR count). The van der Waals surface area contributed by atoms with Crippen LogP contribution in [-0.4, -0.2) is 18.2 Å². The van der Waals surface area contributed by atoms with Crippen LogP contribution in [0, 0.1) is 0 Å². The van der Waals surface area contributed by atoms with Crippen molar-refractivity contribution in [3.8, 4) is 11.5 Å². The van der Waals surface area contributed by atoms with Gasteiger partial charge >= 0.3 is 0 Å². The van der Waals surface area contributed by atoms with E-state index in [2.05, 4.69) is 20.9 Å². The van der Waals surface area contributed by atoms with Crippen LogP contribution < -0.4 is 9.47 Å². The molecule has 0 unspecified atom stereocenters. The molecule has 0 radical (unpaired) electrons. The summed E-state index contributed by atoms with van der Waals surface area (Å²) in [5.41, 5.74) is 0. The highest BCUT2D eigenvalue weighted by atomic mass is 79.9. The fourth-order valence-corrected chi connectivity index (χ4v) is 1.76. The fraction of sp³-hybridized carbons (Fsp3) is 0.154. The van der Waals surface area contributed by atoms with E-state index in [-0.39, 0.29) is 0 Å². The summed E-state index contributed by atoms with van der Waals surface area (Å²) in [6, 6.07) is 11.2. The van der Waals surface area contributed by atoms with Gasteiger partial charge in [0.1, 0.15) is 19.0 Å². The number of rotatable bonds is 5. The number of halogens is 2. The number of benzene rings is 1. The lowest BCUT2D eigenvalue weighted by atomic mass is 10.3. The number of aromatic nitrogens is 1. The van der Waals surface area contributed by atoms with Gasteiger partial charge in [0.15, 0.2) is 10.9 Å². The molecule has 1 aromatic heterocycles. The number of nitrogens with zero attached hydrogens (tertiary/aromatic N) is 1. The Morgan fingerprint density at radius 1 is 1.06 bits per heavy atom. The van der Waals surface area contributed by atoms with Crippen molar-refractivity contribution in [3.63, 3.8) is 0 Å². The Kier molecular flexibility index (Phi) is 4.84. The van der Waals surface area contributed by atoms with E-state index < -0.39 is 0 Å². The molecule has 0 spiro atoms. The van der Waals surface area contributed by atoms with Crippen molar-refractivity contribution in [2.45, 2.75) is 0 Å². The van der Waals surface area contributed by atoms with Crippen molar-refractivity contribution in [2.75, 3.05) is 13.2 Å². The highest BCUT2D eigenvalue weighted by Crippen LogP contribution is 2.20. The van der Waals surface area contributed by atoms with Gasteiger partial charge in [-0.15, -0.1) is 0 Å². The summed E-state index contributed by atoms with van der Waals surface area (Å²) >= 11 is 9.22. The third-order valence-corrected chi connectivity index (χ3v) is 2.96. The molecule has 0 aliphatic rings. The normalized spacial score (nSPS) is 10.1. The molecular formula is C13H11BrClNO2. The first-order valence-corrected chi connectivity index (χ1v) is 6.54. The van der Waals surface area contributed by atoms with Gasteiger partial charge in [0, 0.05) is 10.7 Å². The number of hydrogen-bond acceptors (Lipinski definition) is 3. The molecule has 3 nitrogen and oxygen atoms in total. The van der Waals surface area contributed by atoms with Gasteiger partial charge < -0.3 is 9.47 Å². The predicted molar refractivity (Wildman–Crippen MR) is 74.4 cm³/mol. The van der Waals surface area contributed by atoms with Crippen molar-refractivity contribution in [2.24, 2.45) is 0 Å². The highest BCUT2D eigenvalue weighted by Gasteiger charge is 2.00. The maximum absolute atomic E-state index is 5.86. The van der Waals surface area contributed by atoms with Gasteiger partial charge in [0.25, 0.3) is 0 Å².